The van der Waals surface area contributed by atoms with Crippen LogP contribution in [0.2, 0.25) is 0 Å². The van der Waals surface area contributed by atoms with Crippen LogP contribution in [-0.2, 0) is 0 Å². The van der Waals surface area contributed by atoms with Crippen LogP contribution in [0.3, 0.4) is 0 Å². The summed E-state index contributed by atoms with van der Waals surface area (Å²) in [4.78, 5) is 0. The molecule has 0 radical (unpaired) electrons. The van der Waals surface area contributed by atoms with Gasteiger partial charge in [0.1, 0.15) is 0 Å². The standard InChI is InChI=1S/C50H72O2/c1-37(20-15-22-39(3)25-30-46-43(7)27-29-45(49(46,9)10)36-41(5)33-35-52)18-13-14-19-38(2)21-16-23-40(4)26-31-47-44(8)28-32-48(50(47,11)12)42(6)24-17-34-51/h13-28,30-31,33,42,45-48,51-52H,29,32,34-36H2,1-12H3. The van der Waals surface area contributed by atoms with Gasteiger partial charge in [0.15, 0.2) is 0 Å². The van der Waals surface area contributed by atoms with Crippen molar-refractivity contribution in [3.05, 3.63) is 154 Å². The number of allylic oxidation sites excluding steroid dienone is 24. The van der Waals surface area contributed by atoms with Crippen molar-refractivity contribution >= 4 is 0 Å². The Morgan fingerprint density at radius 1 is 0.673 bits per heavy atom. The van der Waals surface area contributed by atoms with Crippen LogP contribution in [0.15, 0.2) is 154 Å². The van der Waals surface area contributed by atoms with Crippen LogP contribution in [0.25, 0.3) is 0 Å². The van der Waals surface area contributed by atoms with Gasteiger partial charge < -0.3 is 10.2 Å². The normalized spacial score (nSPS) is 26.2. The Morgan fingerprint density at radius 2 is 1.13 bits per heavy atom. The van der Waals surface area contributed by atoms with Crippen LogP contribution in [0.5, 0.6) is 0 Å². The Balaban J connectivity index is 1.96. The maximum Gasteiger partial charge on any atom is 0.0614 e. The van der Waals surface area contributed by atoms with Crippen LogP contribution >= 0.6 is 0 Å². The first kappa shape index (κ1) is 44.7. The molecule has 2 nitrogen and oxygen atoms in total. The van der Waals surface area contributed by atoms with E-state index in [0.29, 0.717) is 29.6 Å². The molecule has 2 aliphatic carbocycles. The largest absolute Gasteiger partial charge is 0.392 e. The highest BCUT2D eigenvalue weighted by molar-refractivity contribution is 5.33. The fourth-order valence-electron chi connectivity index (χ4n) is 8.07. The zero-order valence-electron chi connectivity index (χ0n) is 34.8. The lowest BCUT2D eigenvalue weighted by atomic mass is 9.59. The van der Waals surface area contributed by atoms with Crippen LogP contribution in [0.1, 0.15) is 102 Å². The summed E-state index contributed by atoms with van der Waals surface area (Å²) in [5.41, 5.74) is 9.35. The van der Waals surface area contributed by atoms with Crippen molar-refractivity contribution in [2.24, 2.45) is 40.4 Å². The number of hydrogen-bond donors (Lipinski definition) is 2. The molecule has 0 fully saturated rings. The fraction of sp³-hybridized carbons (Fsp3) is 0.480. The monoisotopic (exact) mass is 705 g/mol. The van der Waals surface area contributed by atoms with E-state index in [2.05, 4.69) is 186 Å². The summed E-state index contributed by atoms with van der Waals surface area (Å²) in [5, 5.41) is 18.5. The average molecular weight is 705 g/mol. The molecular formula is C50H72O2. The second kappa shape index (κ2) is 21.9. The number of aliphatic hydroxyl groups is 2. The van der Waals surface area contributed by atoms with Crippen molar-refractivity contribution in [1.82, 2.24) is 0 Å². The van der Waals surface area contributed by atoms with Gasteiger partial charge in [0, 0.05) is 11.8 Å². The van der Waals surface area contributed by atoms with E-state index < -0.39 is 0 Å². The van der Waals surface area contributed by atoms with Crippen LogP contribution < -0.4 is 0 Å². The van der Waals surface area contributed by atoms with Gasteiger partial charge in [-0.2, -0.15) is 0 Å². The summed E-state index contributed by atoms with van der Waals surface area (Å²) in [5.74, 6) is 2.32. The highest BCUT2D eigenvalue weighted by Gasteiger charge is 2.41. The van der Waals surface area contributed by atoms with Gasteiger partial charge in [0.05, 0.1) is 13.2 Å². The summed E-state index contributed by atoms with van der Waals surface area (Å²) in [6.07, 6.45) is 44.8. The minimum absolute atomic E-state index is 0.106. The Morgan fingerprint density at radius 3 is 1.63 bits per heavy atom. The van der Waals surface area contributed by atoms with Crippen LogP contribution in [-0.4, -0.2) is 23.4 Å². The minimum Gasteiger partial charge on any atom is -0.392 e. The van der Waals surface area contributed by atoms with E-state index in [9.17, 15) is 10.2 Å². The van der Waals surface area contributed by atoms with Crippen molar-refractivity contribution in [3.63, 3.8) is 0 Å². The minimum atomic E-state index is 0.106. The lowest BCUT2D eigenvalue weighted by Crippen LogP contribution is -2.38. The Kier molecular flexibility index (Phi) is 18.8. The summed E-state index contributed by atoms with van der Waals surface area (Å²) in [6.45, 7) is 27.3. The van der Waals surface area contributed by atoms with E-state index in [4.69, 9.17) is 0 Å². The molecule has 0 spiro atoms. The van der Waals surface area contributed by atoms with Crippen molar-refractivity contribution in [2.75, 3.05) is 13.2 Å². The predicted molar refractivity (Wildman–Crippen MR) is 230 cm³/mol. The molecule has 284 valence electrons. The molecule has 0 saturated heterocycles. The van der Waals surface area contributed by atoms with E-state index in [1.807, 2.05) is 12.2 Å². The summed E-state index contributed by atoms with van der Waals surface area (Å²) in [7, 11) is 0. The first-order valence-corrected chi connectivity index (χ1v) is 19.5. The van der Waals surface area contributed by atoms with Crippen molar-refractivity contribution in [1.29, 1.82) is 0 Å². The lowest BCUT2D eigenvalue weighted by molar-refractivity contribution is 0.120. The molecule has 0 amide bonds. The third-order valence-electron chi connectivity index (χ3n) is 11.6. The summed E-state index contributed by atoms with van der Waals surface area (Å²) < 4.78 is 0. The number of aliphatic hydroxyl groups excluding tert-OH is 2. The molecule has 0 aromatic carbocycles. The molecule has 0 bridgehead atoms. The van der Waals surface area contributed by atoms with Gasteiger partial charge in [-0.15, -0.1) is 0 Å². The summed E-state index contributed by atoms with van der Waals surface area (Å²) >= 11 is 0. The maximum absolute atomic E-state index is 9.31. The number of rotatable bonds is 16. The first-order chi connectivity index (χ1) is 24.5. The average Bonchev–Trinajstić information content (AvgIpc) is 3.06. The van der Waals surface area contributed by atoms with Gasteiger partial charge in [0.25, 0.3) is 0 Å². The van der Waals surface area contributed by atoms with Gasteiger partial charge in [0.2, 0.25) is 0 Å². The van der Waals surface area contributed by atoms with Gasteiger partial charge in [-0.3, -0.25) is 0 Å². The van der Waals surface area contributed by atoms with Crippen molar-refractivity contribution < 1.29 is 10.2 Å². The maximum atomic E-state index is 9.31. The zero-order chi connectivity index (χ0) is 38.9. The molecule has 52 heavy (non-hydrogen) atoms. The summed E-state index contributed by atoms with van der Waals surface area (Å²) in [6, 6.07) is 0. The van der Waals surface area contributed by atoms with E-state index in [1.165, 1.54) is 39.0 Å². The van der Waals surface area contributed by atoms with E-state index in [1.54, 1.807) is 0 Å². The molecule has 0 aliphatic heterocycles. The highest BCUT2D eigenvalue weighted by Crippen LogP contribution is 2.50. The molecule has 5 atom stereocenters. The quantitative estimate of drug-likeness (QED) is 0.124. The third-order valence-corrected chi connectivity index (χ3v) is 11.6. The van der Waals surface area contributed by atoms with Crippen molar-refractivity contribution in [3.8, 4) is 0 Å². The molecule has 0 saturated carbocycles. The highest BCUT2D eigenvalue weighted by atomic mass is 16.3. The van der Waals surface area contributed by atoms with Crippen LogP contribution in [0, 0.1) is 40.4 Å². The Labute approximate surface area is 319 Å². The van der Waals surface area contributed by atoms with E-state index >= 15 is 0 Å². The molecule has 0 heterocycles. The number of hydrogen-bond acceptors (Lipinski definition) is 2. The fourth-order valence-corrected chi connectivity index (χ4v) is 8.07. The molecule has 0 aromatic heterocycles. The molecule has 2 aliphatic rings. The molecule has 0 aromatic rings. The second-order valence-corrected chi connectivity index (χ2v) is 16.6. The second-order valence-electron chi connectivity index (χ2n) is 16.6. The van der Waals surface area contributed by atoms with E-state index in [0.717, 1.165) is 19.3 Å². The van der Waals surface area contributed by atoms with Crippen LogP contribution in [0.4, 0.5) is 0 Å². The molecule has 2 heteroatoms. The first-order valence-electron chi connectivity index (χ1n) is 19.5. The topological polar surface area (TPSA) is 40.5 Å². The van der Waals surface area contributed by atoms with Gasteiger partial charge in [-0.05, 0) is 96.3 Å². The molecule has 2 rings (SSSR count). The van der Waals surface area contributed by atoms with Crippen molar-refractivity contribution in [2.45, 2.75) is 102 Å². The van der Waals surface area contributed by atoms with Gasteiger partial charge in [-0.1, -0.05) is 189 Å². The lowest BCUT2D eigenvalue weighted by Gasteiger charge is -2.46. The van der Waals surface area contributed by atoms with Gasteiger partial charge >= 0.3 is 0 Å². The molecular weight excluding hydrogens is 633 g/mol. The zero-order valence-corrected chi connectivity index (χ0v) is 34.8. The molecule has 2 N–H and O–H groups in total. The third kappa shape index (κ3) is 14.2. The predicted octanol–water partition coefficient (Wildman–Crippen LogP) is 13.3. The Hall–Kier alpha value is -3.46. The smallest absolute Gasteiger partial charge is 0.0614 e. The Bertz CT molecular complexity index is 1560. The van der Waals surface area contributed by atoms with E-state index in [-0.39, 0.29) is 24.0 Å². The van der Waals surface area contributed by atoms with Gasteiger partial charge in [-0.25, -0.2) is 0 Å². The molecule has 5 unspecified atom stereocenters. The SMILES string of the molecule is CC(C=CC=C(C)C=CC1C(C)=CCC(CC(C)=CCO)C1(C)C)=CC=CC=C(C)C=CC=C(C)C=CC1C(C)=CCC(C(C)C=CCO)C1(C)C.